The van der Waals surface area contributed by atoms with Crippen LogP contribution in [0, 0.1) is 5.82 Å². The van der Waals surface area contributed by atoms with Gasteiger partial charge in [0.1, 0.15) is 10.7 Å². The lowest BCUT2D eigenvalue weighted by atomic mass is 10.3. The number of halogens is 3. The minimum atomic E-state index is -3.93. The third-order valence-corrected chi connectivity index (χ3v) is 4.35. The van der Waals surface area contributed by atoms with Crippen LogP contribution in [-0.4, -0.2) is 13.4 Å². The Morgan fingerprint density at radius 1 is 1.16 bits per heavy atom. The SMILES string of the molecule is O=S(=O)(Nc1ccc(Cl)c(F)c1)c1cnccc1Cl. The molecule has 0 unspecified atom stereocenters. The Bertz CT molecular complexity index is 722. The Balaban J connectivity index is 2.37. The summed E-state index contributed by atoms with van der Waals surface area (Å²) < 4.78 is 39.5. The highest BCUT2D eigenvalue weighted by molar-refractivity contribution is 7.92. The number of rotatable bonds is 3. The molecule has 0 saturated carbocycles. The highest BCUT2D eigenvalue weighted by Gasteiger charge is 2.18. The first-order chi connectivity index (χ1) is 8.90. The standard InChI is InChI=1S/C11H7Cl2FN2O2S/c12-8-2-1-7(5-10(8)14)16-19(17,18)11-6-15-4-3-9(11)13/h1-6,16H. The van der Waals surface area contributed by atoms with Crippen molar-refractivity contribution in [2.24, 2.45) is 0 Å². The van der Waals surface area contributed by atoms with E-state index >= 15 is 0 Å². The van der Waals surface area contributed by atoms with Crippen LogP contribution in [0.5, 0.6) is 0 Å². The van der Waals surface area contributed by atoms with E-state index in [9.17, 15) is 12.8 Å². The summed E-state index contributed by atoms with van der Waals surface area (Å²) in [6.45, 7) is 0. The van der Waals surface area contributed by atoms with Gasteiger partial charge in [-0.1, -0.05) is 23.2 Å². The van der Waals surface area contributed by atoms with E-state index in [4.69, 9.17) is 23.2 Å². The van der Waals surface area contributed by atoms with Crippen molar-refractivity contribution in [1.82, 2.24) is 4.98 Å². The molecule has 0 bridgehead atoms. The summed E-state index contributed by atoms with van der Waals surface area (Å²) in [5.74, 6) is -0.723. The number of nitrogens with zero attached hydrogens (tertiary/aromatic N) is 1. The van der Waals surface area contributed by atoms with Crippen LogP contribution in [0.4, 0.5) is 10.1 Å². The molecule has 0 aliphatic carbocycles. The minimum Gasteiger partial charge on any atom is -0.279 e. The zero-order chi connectivity index (χ0) is 14.0. The van der Waals surface area contributed by atoms with E-state index in [1.165, 1.54) is 24.4 Å². The van der Waals surface area contributed by atoms with Crippen molar-refractivity contribution in [2.45, 2.75) is 4.90 Å². The fourth-order valence-corrected chi connectivity index (χ4v) is 2.93. The van der Waals surface area contributed by atoms with E-state index in [0.717, 1.165) is 12.3 Å². The summed E-state index contributed by atoms with van der Waals surface area (Å²) in [6, 6.07) is 4.91. The molecule has 1 aromatic heterocycles. The molecule has 1 heterocycles. The first-order valence-electron chi connectivity index (χ1n) is 4.97. The van der Waals surface area contributed by atoms with Gasteiger partial charge in [0, 0.05) is 12.4 Å². The number of nitrogens with one attached hydrogen (secondary N) is 1. The highest BCUT2D eigenvalue weighted by atomic mass is 35.5. The summed E-state index contributed by atoms with van der Waals surface area (Å²) in [5, 5.41) is -0.0701. The normalized spacial score (nSPS) is 11.3. The van der Waals surface area contributed by atoms with Gasteiger partial charge in [0.05, 0.1) is 15.7 Å². The highest BCUT2D eigenvalue weighted by Crippen LogP contribution is 2.24. The van der Waals surface area contributed by atoms with Gasteiger partial charge in [0.15, 0.2) is 0 Å². The lowest BCUT2D eigenvalue weighted by molar-refractivity contribution is 0.600. The fraction of sp³-hybridized carbons (Fsp3) is 0. The zero-order valence-corrected chi connectivity index (χ0v) is 11.6. The van der Waals surface area contributed by atoms with Gasteiger partial charge in [-0.2, -0.15) is 0 Å². The van der Waals surface area contributed by atoms with E-state index in [2.05, 4.69) is 9.71 Å². The first kappa shape index (κ1) is 14.0. The van der Waals surface area contributed by atoms with Crippen molar-refractivity contribution in [3.63, 3.8) is 0 Å². The molecule has 0 atom stereocenters. The second-order valence-corrected chi connectivity index (χ2v) is 6.01. The summed E-state index contributed by atoms with van der Waals surface area (Å²) in [6.07, 6.45) is 2.47. The van der Waals surface area contributed by atoms with Crippen LogP contribution in [0.1, 0.15) is 0 Å². The Kier molecular flexibility index (Phi) is 3.93. The van der Waals surface area contributed by atoms with E-state index in [-0.39, 0.29) is 20.6 Å². The third-order valence-electron chi connectivity index (χ3n) is 2.20. The van der Waals surface area contributed by atoms with Gasteiger partial charge in [-0.25, -0.2) is 12.8 Å². The molecule has 0 saturated heterocycles. The van der Waals surface area contributed by atoms with Gasteiger partial charge in [-0.15, -0.1) is 0 Å². The van der Waals surface area contributed by atoms with Crippen LogP contribution in [0.3, 0.4) is 0 Å². The first-order valence-corrected chi connectivity index (χ1v) is 7.21. The van der Waals surface area contributed by atoms with Crippen LogP contribution in [0.15, 0.2) is 41.6 Å². The molecule has 8 heteroatoms. The number of sulfonamides is 1. The summed E-state index contributed by atoms with van der Waals surface area (Å²) in [5.41, 5.74) is 0.0434. The van der Waals surface area contributed by atoms with Crippen molar-refractivity contribution in [1.29, 1.82) is 0 Å². The monoisotopic (exact) mass is 320 g/mol. The molecule has 100 valence electrons. The Hall–Kier alpha value is -1.37. The third kappa shape index (κ3) is 3.15. The smallest absolute Gasteiger partial charge is 0.264 e. The predicted molar refractivity (Wildman–Crippen MR) is 71.5 cm³/mol. The number of anilines is 1. The molecule has 0 aliphatic heterocycles. The van der Waals surface area contributed by atoms with Crippen LogP contribution in [0.25, 0.3) is 0 Å². The van der Waals surface area contributed by atoms with E-state index in [1.54, 1.807) is 0 Å². The summed E-state index contributed by atoms with van der Waals surface area (Å²) in [7, 11) is -3.93. The second-order valence-electron chi connectivity index (χ2n) is 3.54. The second kappa shape index (κ2) is 5.32. The maximum absolute atomic E-state index is 13.2. The maximum Gasteiger partial charge on any atom is 0.264 e. The van der Waals surface area contributed by atoms with Crippen LogP contribution >= 0.6 is 23.2 Å². The molecule has 0 spiro atoms. The average molecular weight is 321 g/mol. The molecule has 2 aromatic rings. The Labute approximate surface area is 119 Å². The summed E-state index contributed by atoms with van der Waals surface area (Å²) >= 11 is 11.3. The van der Waals surface area contributed by atoms with Gasteiger partial charge < -0.3 is 0 Å². The predicted octanol–water partition coefficient (Wildman–Crippen LogP) is 3.33. The lowest BCUT2D eigenvalue weighted by Crippen LogP contribution is -2.13. The van der Waals surface area contributed by atoms with Crippen molar-refractivity contribution in [3.05, 3.63) is 52.5 Å². The van der Waals surface area contributed by atoms with Crippen molar-refractivity contribution >= 4 is 38.9 Å². The van der Waals surface area contributed by atoms with Gasteiger partial charge in [0.2, 0.25) is 0 Å². The minimum absolute atomic E-state index is 0.0249. The van der Waals surface area contributed by atoms with Crippen LogP contribution in [0.2, 0.25) is 10.0 Å². The largest absolute Gasteiger partial charge is 0.279 e. The maximum atomic E-state index is 13.2. The van der Waals surface area contributed by atoms with Gasteiger partial charge in [-0.3, -0.25) is 9.71 Å². The molecular formula is C11H7Cl2FN2O2S. The van der Waals surface area contributed by atoms with Crippen molar-refractivity contribution in [3.8, 4) is 0 Å². The average Bonchev–Trinajstić information content (AvgIpc) is 2.34. The van der Waals surface area contributed by atoms with Crippen molar-refractivity contribution in [2.75, 3.05) is 4.72 Å². The molecule has 4 nitrogen and oxygen atoms in total. The Morgan fingerprint density at radius 2 is 1.89 bits per heavy atom. The molecule has 0 radical (unpaired) electrons. The van der Waals surface area contributed by atoms with Gasteiger partial charge in [-0.05, 0) is 24.3 Å². The topological polar surface area (TPSA) is 59.1 Å². The van der Waals surface area contributed by atoms with Crippen LogP contribution < -0.4 is 4.72 Å². The molecule has 0 fully saturated rings. The van der Waals surface area contributed by atoms with Gasteiger partial charge in [0.25, 0.3) is 10.0 Å². The Morgan fingerprint density at radius 3 is 2.53 bits per heavy atom. The molecule has 0 amide bonds. The number of hydrogen-bond acceptors (Lipinski definition) is 3. The number of benzene rings is 1. The molecule has 1 aromatic carbocycles. The molecular weight excluding hydrogens is 314 g/mol. The molecule has 2 rings (SSSR count). The lowest BCUT2D eigenvalue weighted by Gasteiger charge is -2.09. The number of aromatic nitrogens is 1. The van der Waals surface area contributed by atoms with E-state index in [0.29, 0.717) is 0 Å². The molecule has 1 N–H and O–H groups in total. The van der Waals surface area contributed by atoms with Gasteiger partial charge >= 0.3 is 0 Å². The van der Waals surface area contributed by atoms with Crippen molar-refractivity contribution < 1.29 is 12.8 Å². The number of pyridine rings is 1. The molecule has 0 aliphatic rings. The quantitative estimate of drug-likeness (QED) is 0.943. The fourth-order valence-electron chi connectivity index (χ4n) is 1.33. The van der Waals surface area contributed by atoms with E-state index < -0.39 is 15.8 Å². The van der Waals surface area contributed by atoms with E-state index in [1.807, 2.05) is 0 Å². The number of hydrogen-bond donors (Lipinski definition) is 1. The summed E-state index contributed by atoms with van der Waals surface area (Å²) in [4.78, 5) is 3.50. The zero-order valence-electron chi connectivity index (χ0n) is 9.27. The molecule has 19 heavy (non-hydrogen) atoms. The van der Waals surface area contributed by atoms with Crippen LogP contribution in [-0.2, 0) is 10.0 Å².